The lowest BCUT2D eigenvalue weighted by atomic mass is 9.98. The number of rotatable bonds is 5. The van der Waals surface area contributed by atoms with Gasteiger partial charge in [-0.1, -0.05) is 20.3 Å². The van der Waals surface area contributed by atoms with Gasteiger partial charge in [0.15, 0.2) is 0 Å². The lowest BCUT2D eigenvalue weighted by molar-refractivity contribution is 0.477. The van der Waals surface area contributed by atoms with E-state index in [0.29, 0.717) is 12.0 Å². The minimum Gasteiger partial charge on any atom is -0.366 e. The summed E-state index contributed by atoms with van der Waals surface area (Å²) in [4.78, 5) is 0. The second-order valence-corrected chi connectivity index (χ2v) is 5.23. The first-order valence-electron chi connectivity index (χ1n) is 7.09. The van der Waals surface area contributed by atoms with Gasteiger partial charge in [-0.25, -0.2) is 0 Å². The number of anilines is 1. The average molecular weight is 248 g/mol. The smallest absolute Gasteiger partial charge is 0.149 e. The Morgan fingerprint density at radius 2 is 2.22 bits per heavy atom. The number of hydrogen-bond donors (Lipinski definition) is 2. The molecular formula is C14H24N4. The molecule has 0 bridgehead atoms. The van der Waals surface area contributed by atoms with Crippen LogP contribution in [-0.4, -0.2) is 29.3 Å². The average Bonchev–Trinajstić information content (AvgIpc) is 2.40. The van der Waals surface area contributed by atoms with Crippen molar-refractivity contribution >= 4 is 5.82 Å². The van der Waals surface area contributed by atoms with Gasteiger partial charge in [0, 0.05) is 6.04 Å². The molecule has 2 rings (SSSR count). The lowest BCUT2D eigenvalue weighted by Crippen LogP contribution is -2.35. The number of piperidine rings is 1. The summed E-state index contributed by atoms with van der Waals surface area (Å²) in [6.45, 7) is 6.67. The van der Waals surface area contributed by atoms with E-state index >= 15 is 0 Å². The van der Waals surface area contributed by atoms with Crippen molar-refractivity contribution in [3.63, 3.8) is 0 Å². The van der Waals surface area contributed by atoms with E-state index in [1.165, 1.54) is 18.4 Å². The van der Waals surface area contributed by atoms with E-state index in [1.807, 2.05) is 6.20 Å². The van der Waals surface area contributed by atoms with Crippen LogP contribution in [0, 0.1) is 0 Å². The molecule has 1 unspecified atom stereocenters. The molecule has 2 N–H and O–H groups in total. The summed E-state index contributed by atoms with van der Waals surface area (Å²) in [5.74, 6) is 1.50. The zero-order chi connectivity index (χ0) is 12.8. The molecule has 4 nitrogen and oxygen atoms in total. The highest BCUT2D eigenvalue weighted by Gasteiger charge is 2.14. The maximum atomic E-state index is 4.19. The maximum absolute atomic E-state index is 4.19. The van der Waals surface area contributed by atoms with Crippen LogP contribution in [0.25, 0.3) is 0 Å². The summed E-state index contributed by atoms with van der Waals surface area (Å²) >= 11 is 0. The molecule has 4 heteroatoms. The van der Waals surface area contributed by atoms with E-state index in [0.717, 1.165) is 31.7 Å². The van der Waals surface area contributed by atoms with Gasteiger partial charge in [-0.05, 0) is 49.9 Å². The quantitative estimate of drug-likeness (QED) is 0.841. The molecule has 1 aromatic rings. The monoisotopic (exact) mass is 248 g/mol. The summed E-state index contributed by atoms with van der Waals surface area (Å²) < 4.78 is 0. The van der Waals surface area contributed by atoms with E-state index in [1.54, 1.807) is 0 Å². The zero-order valence-corrected chi connectivity index (χ0v) is 11.4. The van der Waals surface area contributed by atoms with Gasteiger partial charge in [0.25, 0.3) is 0 Å². The number of nitrogens with one attached hydrogen (secondary N) is 2. The predicted octanol–water partition coefficient (Wildman–Crippen LogP) is 2.54. The van der Waals surface area contributed by atoms with Crippen LogP contribution < -0.4 is 10.6 Å². The van der Waals surface area contributed by atoms with Crippen LogP contribution in [0.4, 0.5) is 5.82 Å². The van der Waals surface area contributed by atoms with Crippen molar-refractivity contribution in [3.05, 3.63) is 17.8 Å². The first-order chi connectivity index (χ1) is 8.79. The second-order valence-electron chi connectivity index (χ2n) is 5.23. The molecule has 1 fully saturated rings. The molecule has 0 aromatic carbocycles. The largest absolute Gasteiger partial charge is 0.366 e. The van der Waals surface area contributed by atoms with Crippen LogP contribution in [-0.2, 0) is 0 Å². The van der Waals surface area contributed by atoms with Gasteiger partial charge >= 0.3 is 0 Å². The molecule has 1 aromatic heterocycles. The van der Waals surface area contributed by atoms with Crippen molar-refractivity contribution in [2.75, 3.05) is 18.4 Å². The van der Waals surface area contributed by atoms with Crippen LogP contribution in [0.5, 0.6) is 0 Å². The standard InChI is InChI=1S/C14H24N4/c1-3-4-11(2)12-9-14(18-16-10-12)17-13-5-7-15-8-6-13/h9-11,13,15H,3-8H2,1-2H3,(H,17,18). The van der Waals surface area contributed by atoms with E-state index < -0.39 is 0 Å². The van der Waals surface area contributed by atoms with Crippen molar-refractivity contribution in [3.8, 4) is 0 Å². The summed E-state index contributed by atoms with van der Waals surface area (Å²) in [5.41, 5.74) is 1.29. The topological polar surface area (TPSA) is 49.8 Å². The third-order valence-electron chi connectivity index (χ3n) is 3.66. The molecule has 2 heterocycles. The van der Waals surface area contributed by atoms with Crippen LogP contribution in [0.1, 0.15) is 51.0 Å². The first kappa shape index (κ1) is 13.3. The Morgan fingerprint density at radius 3 is 2.94 bits per heavy atom. The predicted molar refractivity (Wildman–Crippen MR) is 74.9 cm³/mol. The molecule has 18 heavy (non-hydrogen) atoms. The van der Waals surface area contributed by atoms with Crippen LogP contribution in [0.2, 0.25) is 0 Å². The van der Waals surface area contributed by atoms with Gasteiger partial charge < -0.3 is 10.6 Å². The van der Waals surface area contributed by atoms with Crippen molar-refractivity contribution in [1.29, 1.82) is 0 Å². The Bertz CT molecular complexity index is 361. The molecule has 100 valence electrons. The highest BCUT2D eigenvalue weighted by molar-refractivity contribution is 5.37. The first-order valence-corrected chi connectivity index (χ1v) is 7.09. The molecule has 0 radical (unpaired) electrons. The van der Waals surface area contributed by atoms with E-state index in [4.69, 9.17) is 0 Å². The number of hydrogen-bond acceptors (Lipinski definition) is 4. The highest BCUT2D eigenvalue weighted by Crippen LogP contribution is 2.21. The fraction of sp³-hybridized carbons (Fsp3) is 0.714. The van der Waals surface area contributed by atoms with Crippen molar-refractivity contribution in [2.24, 2.45) is 0 Å². The van der Waals surface area contributed by atoms with Gasteiger partial charge in [-0.15, -0.1) is 5.10 Å². The van der Waals surface area contributed by atoms with Gasteiger partial charge in [0.05, 0.1) is 6.20 Å². The molecule has 1 aliphatic heterocycles. The fourth-order valence-electron chi connectivity index (χ4n) is 2.50. The van der Waals surface area contributed by atoms with Crippen LogP contribution in [0.3, 0.4) is 0 Å². The normalized spacial score (nSPS) is 18.6. The lowest BCUT2D eigenvalue weighted by Gasteiger charge is -2.24. The maximum Gasteiger partial charge on any atom is 0.149 e. The van der Waals surface area contributed by atoms with E-state index in [9.17, 15) is 0 Å². The second kappa shape index (κ2) is 6.69. The summed E-state index contributed by atoms with van der Waals surface area (Å²) in [5, 5.41) is 15.2. The molecule has 0 spiro atoms. The molecule has 0 saturated carbocycles. The fourth-order valence-corrected chi connectivity index (χ4v) is 2.50. The van der Waals surface area contributed by atoms with Crippen LogP contribution in [0.15, 0.2) is 12.3 Å². The summed E-state index contributed by atoms with van der Waals surface area (Å²) in [7, 11) is 0. The Kier molecular flexibility index (Phi) is 4.93. The van der Waals surface area contributed by atoms with Crippen molar-refractivity contribution < 1.29 is 0 Å². The van der Waals surface area contributed by atoms with Gasteiger partial charge in [-0.2, -0.15) is 5.10 Å². The van der Waals surface area contributed by atoms with Crippen molar-refractivity contribution in [2.45, 2.75) is 51.5 Å². The molecule has 1 aliphatic rings. The van der Waals surface area contributed by atoms with Gasteiger partial charge in [0.1, 0.15) is 5.82 Å². The molecule has 0 amide bonds. The number of aromatic nitrogens is 2. The Labute approximate surface area is 110 Å². The number of nitrogens with zero attached hydrogens (tertiary/aromatic N) is 2. The van der Waals surface area contributed by atoms with E-state index in [2.05, 4.69) is 40.7 Å². The van der Waals surface area contributed by atoms with Crippen molar-refractivity contribution in [1.82, 2.24) is 15.5 Å². The molecule has 0 aliphatic carbocycles. The van der Waals surface area contributed by atoms with Gasteiger partial charge in [0.2, 0.25) is 0 Å². The van der Waals surface area contributed by atoms with E-state index in [-0.39, 0.29) is 0 Å². The zero-order valence-electron chi connectivity index (χ0n) is 11.4. The van der Waals surface area contributed by atoms with Crippen LogP contribution >= 0.6 is 0 Å². The third-order valence-corrected chi connectivity index (χ3v) is 3.66. The SMILES string of the molecule is CCCC(C)c1cnnc(NC2CCNCC2)c1. The summed E-state index contributed by atoms with van der Waals surface area (Å²) in [6.07, 6.45) is 6.64. The molecule has 1 atom stereocenters. The molecule has 1 saturated heterocycles. The Balaban J connectivity index is 1.97. The minimum atomic E-state index is 0.539. The Hall–Kier alpha value is -1.16. The summed E-state index contributed by atoms with van der Waals surface area (Å²) in [6, 6.07) is 2.70. The third kappa shape index (κ3) is 3.67. The Morgan fingerprint density at radius 1 is 1.44 bits per heavy atom. The minimum absolute atomic E-state index is 0.539. The highest BCUT2D eigenvalue weighted by atomic mass is 15.2. The van der Waals surface area contributed by atoms with Gasteiger partial charge in [-0.3, -0.25) is 0 Å². The molecular weight excluding hydrogens is 224 g/mol.